The van der Waals surface area contributed by atoms with Crippen LogP contribution in [-0.2, 0) is 17.1 Å². The van der Waals surface area contributed by atoms with Crippen LogP contribution in [0.3, 0.4) is 0 Å². The Morgan fingerprint density at radius 1 is 0.643 bits per heavy atom. The van der Waals surface area contributed by atoms with Gasteiger partial charge in [0.1, 0.15) is 0 Å². The van der Waals surface area contributed by atoms with Gasteiger partial charge in [-0.2, -0.15) is 0 Å². The third-order valence-corrected chi connectivity index (χ3v) is 12.2. The maximum atomic E-state index is 2.54. The fourth-order valence-electron chi connectivity index (χ4n) is 5.00. The first-order chi connectivity index (χ1) is 13.1. The Morgan fingerprint density at radius 2 is 1.07 bits per heavy atom. The molecule has 28 heavy (non-hydrogen) atoms. The van der Waals surface area contributed by atoms with Crippen LogP contribution < -0.4 is 0 Å². The molecule has 0 atom stereocenters. The summed E-state index contributed by atoms with van der Waals surface area (Å²) in [6.45, 7) is 7.63. The van der Waals surface area contributed by atoms with E-state index in [4.69, 9.17) is 0 Å². The zero-order valence-corrected chi connectivity index (χ0v) is 21.1. The molecule has 0 bridgehead atoms. The van der Waals surface area contributed by atoms with Crippen molar-refractivity contribution >= 4 is 16.0 Å². The molecule has 0 unspecified atom stereocenters. The van der Waals surface area contributed by atoms with Crippen LogP contribution >= 0.6 is 7.92 Å². The summed E-state index contributed by atoms with van der Waals surface area (Å²) in [5.74, 6) is 0. The van der Waals surface area contributed by atoms with E-state index in [1.807, 2.05) is 37.8 Å². The molecule has 4 saturated carbocycles. The van der Waals surface area contributed by atoms with Crippen molar-refractivity contribution in [1.29, 1.82) is 0 Å². The molecule has 0 nitrogen and oxygen atoms in total. The normalized spacial score (nSPS) is 26.1. The van der Waals surface area contributed by atoms with Crippen molar-refractivity contribution in [2.75, 3.05) is 0 Å². The van der Waals surface area contributed by atoms with E-state index in [-0.39, 0.29) is 25.0 Å². The van der Waals surface area contributed by atoms with E-state index in [2.05, 4.69) is 38.9 Å². The van der Waals surface area contributed by atoms with Crippen LogP contribution in [-0.4, -0.2) is 19.4 Å². The van der Waals surface area contributed by atoms with Gasteiger partial charge in [0.05, 0.1) is 8.07 Å². The van der Waals surface area contributed by atoms with E-state index in [9.17, 15) is 0 Å². The summed E-state index contributed by atoms with van der Waals surface area (Å²) in [7, 11) is -1.10. The molecule has 0 aliphatic heterocycles. The summed E-state index contributed by atoms with van der Waals surface area (Å²) in [6, 6.07) is 0. The first-order valence-electron chi connectivity index (χ1n) is 11.3. The van der Waals surface area contributed by atoms with Crippen molar-refractivity contribution in [2.45, 2.75) is 95.2 Å². The molecule has 0 amide bonds. The molecular formula is C25H39FePSi. The van der Waals surface area contributed by atoms with Crippen molar-refractivity contribution in [1.82, 2.24) is 0 Å². The van der Waals surface area contributed by atoms with Crippen molar-refractivity contribution in [2.24, 2.45) is 0 Å². The molecule has 10 radical (unpaired) electrons. The summed E-state index contributed by atoms with van der Waals surface area (Å²) in [5.41, 5.74) is 5.75. The molecule has 0 aromatic heterocycles. The summed E-state index contributed by atoms with van der Waals surface area (Å²) in [5, 5.41) is 0. The average Bonchev–Trinajstić information content (AvgIpc) is 3.39. The molecule has 156 valence electrons. The van der Waals surface area contributed by atoms with Crippen molar-refractivity contribution in [3.05, 3.63) is 62.6 Å². The van der Waals surface area contributed by atoms with Gasteiger partial charge in [-0.3, -0.25) is 0 Å². The summed E-state index contributed by atoms with van der Waals surface area (Å²) < 4.78 is 0. The molecule has 0 saturated heterocycles. The fraction of sp³-hybridized carbons (Fsp3) is 0.600. The number of hydrogen-bond acceptors (Lipinski definition) is 0. The van der Waals surface area contributed by atoms with Gasteiger partial charge < -0.3 is 0 Å². The summed E-state index contributed by atoms with van der Waals surface area (Å²) in [4.78, 5) is 0. The molecule has 0 heterocycles. The van der Waals surface area contributed by atoms with Gasteiger partial charge in [0.25, 0.3) is 0 Å². The minimum Gasteiger partial charge on any atom is -0.0924 e. The third-order valence-electron chi connectivity index (χ3n) is 6.37. The Kier molecular flexibility index (Phi) is 11.7. The van der Waals surface area contributed by atoms with Crippen LogP contribution in [0.1, 0.15) is 64.2 Å². The molecule has 3 heteroatoms. The van der Waals surface area contributed by atoms with Crippen molar-refractivity contribution in [3.8, 4) is 0 Å². The van der Waals surface area contributed by atoms with E-state index >= 15 is 0 Å². The fourth-order valence-corrected chi connectivity index (χ4v) is 11.7. The average molecular weight is 454 g/mol. The van der Waals surface area contributed by atoms with Gasteiger partial charge in [-0.1, -0.05) is 66.1 Å². The molecule has 4 fully saturated rings. The van der Waals surface area contributed by atoms with Crippen molar-refractivity contribution in [3.63, 3.8) is 0 Å². The Bertz CT molecular complexity index is 380. The van der Waals surface area contributed by atoms with Crippen LogP contribution in [0.4, 0.5) is 0 Å². The maximum Gasteiger partial charge on any atom is 0.0525 e. The predicted octanol–water partition coefficient (Wildman–Crippen LogP) is 7.76. The summed E-state index contributed by atoms with van der Waals surface area (Å²) >= 11 is 0. The van der Waals surface area contributed by atoms with Crippen molar-refractivity contribution < 1.29 is 17.1 Å². The van der Waals surface area contributed by atoms with Gasteiger partial charge >= 0.3 is 0 Å². The quantitative estimate of drug-likeness (QED) is 0.301. The second-order valence-corrected chi connectivity index (χ2v) is 17.3. The minimum atomic E-state index is -1.20. The number of rotatable bonds is 4. The molecule has 4 rings (SSSR count). The molecule has 0 aromatic rings. The molecule has 0 N–H and O–H groups in total. The SMILES string of the molecule is C[Si](C)(C)[C]1[CH][CH][CH][C]1P(C1CCCCC1)C1CCCCC1.[CH]1[CH][CH][CH][CH]1.[Fe]. The predicted molar refractivity (Wildman–Crippen MR) is 125 cm³/mol. The first kappa shape index (κ1) is 25.4. The second-order valence-electron chi connectivity index (χ2n) is 9.53. The Balaban J connectivity index is 0.000000408. The van der Waals surface area contributed by atoms with Crippen LogP contribution in [0, 0.1) is 62.6 Å². The largest absolute Gasteiger partial charge is 0.0924 e. The van der Waals surface area contributed by atoms with E-state index in [1.165, 1.54) is 64.2 Å². The van der Waals surface area contributed by atoms with E-state index in [0.717, 1.165) is 11.3 Å². The minimum absolute atomic E-state index is 0. The van der Waals surface area contributed by atoms with Gasteiger partial charge in [-0.25, -0.2) is 0 Å². The van der Waals surface area contributed by atoms with Gasteiger partial charge in [-0.15, -0.1) is 0 Å². The molecule has 4 aliphatic rings. The van der Waals surface area contributed by atoms with Crippen LogP contribution in [0.25, 0.3) is 0 Å². The zero-order valence-electron chi connectivity index (χ0n) is 18.1. The smallest absolute Gasteiger partial charge is 0.0525 e. The summed E-state index contributed by atoms with van der Waals surface area (Å²) in [6.07, 6.45) is 32.5. The maximum absolute atomic E-state index is 2.54. The van der Waals surface area contributed by atoms with Gasteiger partial charge in [-0.05, 0) is 93.9 Å². The third kappa shape index (κ3) is 7.39. The molecule has 0 aromatic carbocycles. The van der Waals surface area contributed by atoms with E-state index in [1.54, 1.807) is 5.54 Å². The molecule has 4 aliphatic carbocycles. The second kappa shape index (κ2) is 12.9. The van der Waals surface area contributed by atoms with Gasteiger partial charge in [0.15, 0.2) is 0 Å². The first-order valence-corrected chi connectivity index (χ1v) is 16.3. The van der Waals surface area contributed by atoms with Crippen LogP contribution in [0.15, 0.2) is 0 Å². The topological polar surface area (TPSA) is 0 Å². The Hall–Kier alpha value is 1.17. The Morgan fingerprint density at radius 3 is 1.46 bits per heavy atom. The van der Waals surface area contributed by atoms with E-state index < -0.39 is 8.07 Å². The van der Waals surface area contributed by atoms with Gasteiger partial charge in [0.2, 0.25) is 0 Å². The Labute approximate surface area is 190 Å². The molecule has 0 spiro atoms. The van der Waals surface area contributed by atoms with Crippen LogP contribution in [0.5, 0.6) is 0 Å². The van der Waals surface area contributed by atoms with Crippen LogP contribution in [0.2, 0.25) is 19.6 Å². The number of hydrogen-bond donors (Lipinski definition) is 0. The monoisotopic (exact) mass is 454 g/mol. The zero-order chi connectivity index (χ0) is 19.1. The van der Waals surface area contributed by atoms with Gasteiger partial charge in [0, 0.05) is 22.7 Å². The standard InChI is InChI=1S/C20H34PSi.C5H5.Fe/c1-22(2,3)20-16-10-15-19(20)21(17-11-6-4-7-12-17)18-13-8-5-9-14-18;1-2-4-5-3-1;/h10,15-18H,4-9,11-14H2,1-3H3;1-5H;. The van der Waals surface area contributed by atoms with E-state index in [0.29, 0.717) is 0 Å². The molecular weight excluding hydrogens is 415 g/mol.